The molecule has 8 heteroatoms. The standard InChI is InChI=1S/C16H11ClN4OS2/c1-9-14(21-7-3-2-4-13(21)18-9)15(22)20-16-19-10(8-23-16)11-5-6-12(17)24-11/h2-8H,1H3,(H,19,20,22). The summed E-state index contributed by atoms with van der Waals surface area (Å²) in [5, 5.41) is 5.30. The van der Waals surface area contributed by atoms with Gasteiger partial charge in [-0.25, -0.2) is 9.97 Å². The fraction of sp³-hybridized carbons (Fsp3) is 0.0625. The lowest BCUT2D eigenvalue weighted by Crippen LogP contribution is -2.15. The van der Waals surface area contributed by atoms with Crippen molar-refractivity contribution in [2.45, 2.75) is 6.92 Å². The topological polar surface area (TPSA) is 59.3 Å². The molecule has 0 unspecified atom stereocenters. The van der Waals surface area contributed by atoms with Crippen LogP contribution >= 0.6 is 34.3 Å². The minimum Gasteiger partial charge on any atom is -0.296 e. The van der Waals surface area contributed by atoms with E-state index in [1.54, 1.807) is 4.40 Å². The van der Waals surface area contributed by atoms with Crippen molar-refractivity contribution in [3.05, 3.63) is 57.6 Å². The van der Waals surface area contributed by atoms with Crippen LogP contribution in [-0.4, -0.2) is 20.3 Å². The number of hydrogen-bond donors (Lipinski definition) is 1. The summed E-state index contributed by atoms with van der Waals surface area (Å²) in [4.78, 5) is 22.5. The molecule has 4 aromatic heterocycles. The molecule has 1 amide bonds. The number of amides is 1. The molecule has 0 aliphatic heterocycles. The van der Waals surface area contributed by atoms with Crippen LogP contribution < -0.4 is 5.32 Å². The third-order valence-corrected chi connectivity index (χ3v) is 5.48. The number of hydrogen-bond acceptors (Lipinski definition) is 5. The first kappa shape index (κ1) is 15.3. The van der Waals surface area contributed by atoms with Crippen LogP contribution in [0.1, 0.15) is 16.2 Å². The van der Waals surface area contributed by atoms with Gasteiger partial charge in [-0.2, -0.15) is 0 Å². The van der Waals surface area contributed by atoms with Crippen LogP contribution in [0.3, 0.4) is 0 Å². The summed E-state index contributed by atoms with van der Waals surface area (Å²) in [6.07, 6.45) is 1.82. The monoisotopic (exact) mass is 374 g/mol. The fourth-order valence-corrected chi connectivity index (χ4v) is 4.22. The van der Waals surface area contributed by atoms with Gasteiger partial charge in [0.2, 0.25) is 0 Å². The first-order valence-electron chi connectivity index (χ1n) is 7.08. The van der Waals surface area contributed by atoms with E-state index in [0.29, 0.717) is 20.9 Å². The predicted molar refractivity (Wildman–Crippen MR) is 98.3 cm³/mol. The number of rotatable bonds is 3. The summed E-state index contributed by atoms with van der Waals surface area (Å²) in [6.45, 7) is 1.82. The zero-order chi connectivity index (χ0) is 16.7. The molecule has 1 N–H and O–H groups in total. The summed E-state index contributed by atoms with van der Waals surface area (Å²) < 4.78 is 2.49. The number of nitrogens with zero attached hydrogens (tertiary/aromatic N) is 3. The maximum absolute atomic E-state index is 12.6. The van der Waals surface area contributed by atoms with Crippen LogP contribution in [0.5, 0.6) is 0 Å². The van der Waals surface area contributed by atoms with Crippen LogP contribution in [0.25, 0.3) is 16.2 Å². The predicted octanol–water partition coefficient (Wildman–Crippen LogP) is 4.73. The minimum atomic E-state index is -0.226. The van der Waals surface area contributed by atoms with Crippen molar-refractivity contribution in [3.63, 3.8) is 0 Å². The zero-order valence-corrected chi connectivity index (χ0v) is 14.9. The van der Waals surface area contributed by atoms with Crippen molar-refractivity contribution >= 4 is 51.0 Å². The minimum absolute atomic E-state index is 0.226. The Morgan fingerprint density at radius 3 is 2.92 bits per heavy atom. The van der Waals surface area contributed by atoms with Crippen LogP contribution in [-0.2, 0) is 0 Å². The van der Waals surface area contributed by atoms with E-state index in [0.717, 1.165) is 16.2 Å². The van der Waals surface area contributed by atoms with Gasteiger partial charge in [-0.15, -0.1) is 22.7 Å². The third-order valence-electron chi connectivity index (χ3n) is 3.47. The van der Waals surface area contributed by atoms with Gasteiger partial charge in [0, 0.05) is 11.6 Å². The molecule has 0 atom stereocenters. The van der Waals surface area contributed by atoms with Gasteiger partial charge in [0.1, 0.15) is 11.3 Å². The molecule has 4 heterocycles. The van der Waals surface area contributed by atoms with Gasteiger partial charge in [-0.1, -0.05) is 17.7 Å². The van der Waals surface area contributed by atoms with E-state index < -0.39 is 0 Å². The van der Waals surface area contributed by atoms with Gasteiger partial charge < -0.3 is 0 Å². The second-order valence-corrected chi connectivity index (χ2v) is 7.64. The number of fused-ring (bicyclic) bond motifs is 1. The van der Waals surface area contributed by atoms with Crippen molar-refractivity contribution < 1.29 is 4.79 Å². The fourth-order valence-electron chi connectivity index (χ4n) is 2.44. The molecule has 0 aliphatic rings. The Hall–Kier alpha value is -2.22. The molecule has 0 radical (unpaired) electrons. The molecule has 0 saturated heterocycles. The summed E-state index contributed by atoms with van der Waals surface area (Å²) in [6, 6.07) is 9.38. The number of aromatic nitrogens is 3. The number of halogens is 1. The molecular weight excluding hydrogens is 364 g/mol. The Bertz CT molecular complexity index is 1050. The highest BCUT2D eigenvalue weighted by Crippen LogP contribution is 2.33. The SMILES string of the molecule is Cc1nc2ccccn2c1C(=O)Nc1nc(-c2ccc(Cl)s2)cs1. The molecule has 24 heavy (non-hydrogen) atoms. The molecule has 0 saturated carbocycles. The number of imidazole rings is 1. The number of pyridine rings is 1. The number of carbonyl (C=O) groups excluding carboxylic acids is 1. The Labute approximate surface area is 150 Å². The van der Waals surface area contributed by atoms with Crippen molar-refractivity contribution in [1.82, 2.24) is 14.4 Å². The van der Waals surface area contributed by atoms with Crippen molar-refractivity contribution in [3.8, 4) is 10.6 Å². The summed E-state index contributed by atoms with van der Waals surface area (Å²) >= 11 is 8.80. The van der Waals surface area contributed by atoms with Crippen molar-refractivity contribution in [2.75, 3.05) is 5.32 Å². The van der Waals surface area contributed by atoms with E-state index in [1.807, 2.05) is 48.8 Å². The first-order valence-corrected chi connectivity index (χ1v) is 9.15. The van der Waals surface area contributed by atoms with Crippen LogP contribution in [0, 0.1) is 6.92 Å². The number of carbonyl (C=O) groups is 1. The van der Waals surface area contributed by atoms with E-state index in [2.05, 4.69) is 15.3 Å². The smallest absolute Gasteiger partial charge is 0.276 e. The van der Waals surface area contributed by atoms with Crippen molar-refractivity contribution in [2.24, 2.45) is 0 Å². The highest BCUT2D eigenvalue weighted by atomic mass is 35.5. The quantitative estimate of drug-likeness (QED) is 0.563. The van der Waals surface area contributed by atoms with Gasteiger partial charge in [-0.3, -0.25) is 14.5 Å². The second-order valence-electron chi connectivity index (χ2n) is 5.07. The highest BCUT2D eigenvalue weighted by Gasteiger charge is 2.18. The van der Waals surface area contributed by atoms with E-state index in [4.69, 9.17) is 11.6 Å². The molecule has 0 aliphatic carbocycles. The molecule has 5 nitrogen and oxygen atoms in total. The maximum atomic E-state index is 12.6. The van der Waals surface area contributed by atoms with Crippen molar-refractivity contribution in [1.29, 1.82) is 0 Å². The van der Waals surface area contributed by atoms with Gasteiger partial charge in [0.15, 0.2) is 5.13 Å². The molecule has 0 spiro atoms. The average Bonchev–Trinajstić information content (AvgIpc) is 3.24. The second kappa shape index (κ2) is 6.01. The Kier molecular flexibility index (Phi) is 3.84. The molecule has 4 aromatic rings. The maximum Gasteiger partial charge on any atom is 0.276 e. The molecule has 0 fully saturated rings. The van der Waals surface area contributed by atoms with Gasteiger partial charge in [0.25, 0.3) is 5.91 Å². The van der Waals surface area contributed by atoms with Gasteiger partial charge in [-0.05, 0) is 31.2 Å². The highest BCUT2D eigenvalue weighted by molar-refractivity contribution is 7.20. The molecule has 0 aromatic carbocycles. The van der Waals surface area contributed by atoms with E-state index in [-0.39, 0.29) is 5.91 Å². The van der Waals surface area contributed by atoms with Crippen LogP contribution in [0.4, 0.5) is 5.13 Å². The largest absolute Gasteiger partial charge is 0.296 e. The average molecular weight is 375 g/mol. The molecular formula is C16H11ClN4OS2. The first-order chi connectivity index (χ1) is 11.6. The summed E-state index contributed by atoms with van der Waals surface area (Å²) in [5.41, 5.74) is 2.75. The van der Waals surface area contributed by atoms with E-state index in [1.165, 1.54) is 22.7 Å². The van der Waals surface area contributed by atoms with E-state index in [9.17, 15) is 4.79 Å². The molecule has 120 valence electrons. The normalized spacial score (nSPS) is 11.1. The van der Waals surface area contributed by atoms with E-state index >= 15 is 0 Å². The lowest BCUT2D eigenvalue weighted by Gasteiger charge is -2.02. The Morgan fingerprint density at radius 1 is 1.25 bits per heavy atom. The number of thiazole rings is 1. The lowest BCUT2D eigenvalue weighted by molar-refractivity contribution is 0.102. The number of aryl methyl sites for hydroxylation is 1. The Morgan fingerprint density at radius 2 is 2.12 bits per heavy atom. The van der Waals surface area contributed by atoms with Crippen LogP contribution in [0.15, 0.2) is 41.9 Å². The summed E-state index contributed by atoms with van der Waals surface area (Å²) in [5.74, 6) is -0.226. The number of nitrogens with one attached hydrogen (secondary N) is 1. The number of thiophene rings is 1. The molecule has 4 rings (SSSR count). The Balaban J connectivity index is 1.62. The van der Waals surface area contributed by atoms with Gasteiger partial charge >= 0.3 is 0 Å². The lowest BCUT2D eigenvalue weighted by atomic mass is 10.3. The van der Waals surface area contributed by atoms with Crippen LogP contribution in [0.2, 0.25) is 4.34 Å². The summed E-state index contributed by atoms with van der Waals surface area (Å²) in [7, 11) is 0. The number of anilines is 1. The van der Waals surface area contributed by atoms with Gasteiger partial charge in [0.05, 0.1) is 20.6 Å². The third kappa shape index (κ3) is 2.71. The molecule has 0 bridgehead atoms. The zero-order valence-electron chi connectivity index (χ0n) is 12.5.